The molecule has 0 radical (unpaired) electrons. The molecule has 4 rings (SSSR count). The molecule has 3 atom stereocenters. The monoisotopic (exact) mass is 661 g/mol. The van der Waals surface area contributed by atoms with Gasteiger partial charge in [-0.3, -0.25) is 19.2 Å². The Labute approximate surface area is 286 Å². The second-order valence-electron chi connectivity index (χ2n) is 13.4. The van der Waals surface area contributed by atoms with Crippen LogP contribution in [0.1, 0.15) is 111 Å². The number of amides is 4. The van der Waals surface area contributed by atoms with Gasteiger partial charge >= 0.3 is 0 Å². The molecule has 0 aromatic heterocycles. The van der Waals surface area contributed by atoms with Gasteiger partial charge < -0.3 is 30.9 Å². The SMILES string of the molecule is CCCN(CCC)C(=O)c1cc(C(=O)N[C@@H](Cc2ccccc2)[C@H](O)CN[C@@H](C)C(=O)NC2CCCCC2)cc(N2CCCCC2=O)c1. The fourth-order valence-corrected chi connectivity index (χ4v) is 6.65. The summed E-state index contributed by atoms with van der Waals surface area (Å²) in [4.78, 5) is 57.0. The van der Waals surface area contributed by atoms with Crippen LogP contribution in [-0.4, -0.2) is 84.0 Å². The third-order valence-corrected chi connectivity index (χ3v) is 9.39. The van der Waals surface area contributed by atoms with Gasteiger partial charge in [-0.2, -0.15) is 0 Å². The first kappa shape index (κ1) is 37.1. The molecule has 262 valence electrons. The molecular formula is C38H55N5O5. The van der Waals surface area contributed by atoms with E-state index >= 15 is 0 Å². The van der Waals surface area contributed by atoms with Crippen molar-refractivity contribution in [2.45, 2.75) is 116 Å². The van der Waals surface area contributed by atoms with Gasteiger partial charge in [0.05, 0.1) is 18.2 Å². The van der Waals surface area contributed by atoms with Gasteiger partial charge in [0.1, 0.15) is 0 Å². The highest BCUT2D eigenvalue weighted by atomic mass is 16.3. The Kier molecular flexibility index (Phi) is 14.4. The second-order valence-corrected chi connectivity index (χ2v) is 13.4. The third-order valence-electron chi connectivity index (χ3n) is 9.39. The quantitative estimate of drug-likeness (QED) is 0.208. The molecule has 10 heteroatoms. The van der Waals surface area contributed by atoms with E-state index in [0.717, 1.165) is 56.9 Å². The number of hydrogen-bond acceptors (Lipinski definition) is 6. The summed E-state index contributed by atoms with van der Waals surface area (Å²) in [6.07, 6.45) is 8.45. The van der Waals surface area contributed by atoms with Crippen LogP contribution in [0, 0.1) is 0 Å². The van der Waals surface area contributed by atoms with Crippen molar-refractivity contribution in [3.63, 3.8) is 0 Å². The number of anilines is 1. The van der Waals surface area contributed by atoms with Crippen LogP contribution in [0.4, 0.5) is 5.69 Å². The van der Waals surface area contributed by atoms with E-state index in [4.69, 9.17) is 0 Å². The minimum Gasteiger partial charge on any atom is -0.390 e. The van der Waals surface area contributed by atoms with Crippen molar-refractivity contribution in [1.29, 1.82) is 0 Å². The van der Waals surface area contributed by atoms with Gasteiger partial charge in [0, 0.05) is 55.5 Å². The fraction of sp³-hybridized carbons (Fsp3) is 0.579. The summed E-state index contributed by atoms with van der Waals surface area (Å²) in [5, 5.41) is 20.7. The fourth-order valence-electron chi connectivity index (χ4n) is 6.65. The molecular weight excluding hydrogens is 606 g/mol. The molecule has 0 unspecified atom stereocenters. The van der Waals surface area contributed by atoms with Gasteiger partial charge in [0.15, 0.2) is 0 Å². The number of carbonyl (C=O) groups is 4. The van der Waals surface area contributed by atoms with Crippen LogP contribution in [0.3, 0.4) is 0 Å². The molecule has 4 N–H and O–H groups in total. The maximum absolute atomic E-state index is 14.0. The minimum absolute atomic E-state index is 0.0266. The Bertz CT molecular complexity index is 1360. The van der Waals surface area contributed by atoms with Crippen LogP contribution >= 0.6 is 0 Å². The molecule has 1 saturated heterocycles. The molecule has 0 spiro atoms. The number of carbonyl (C=O) groups excluding carboxylic acids is 4. The lowest BCUT2D eigenvalue weighted by molar-refractivity contribution is -0.123. The lowest BCUT2D eigenvalue weighted by atomic mass is 9.95. The smallest absolute Gasteiger partial charge is 0.253 e. The van der Waals surface area contributed by atoms with E-state index in [-0.39, 0.29) is 35.9 Å². The normalized spacial score (nSPS) is 17.3. The predicted octanol–water partition coefficient (Wildman–Crippen LogP) is 4.59. The van der Waals surface area contributed by atoms with Crippen LogP contribution in [0.25, 0.3) is 0 Å². The van der Waals surface area contributed by atoms with E-state index in [1.165, 1.54) is 6.42 Å². The Morgan fingerprint density at radius 2 is 1.62 bits per heavy atom. The van der Waals surface area contributed by atoms with Crippen LogP contribution in [0.5, 0.6) is 0 Å². The molecule has 2 aromatic rings. The Morgan fingerprint density at radius 1 is 0.938 bits per heavy atom. The van der Waals surface area contributed by atoms with Crippen molar-refractivity contribution < 1.29 is 24.3 Å². The Balaban J connectivity index is 1.55. The summed E-state index contributed by atoms with van der Waals surface area (Å²) in [6, 6.07) is 13.6. The number of aliphatic hydroxyl groups excluding tert-OH is 1. The molecule has 1 aliphatic heterocycles. The first-order valence-electron chi connectivity index (χ1n) is 18.0. The summed E-state index contributed by atoms with van der Waals surface area (Å²) < 4.78 is 0. The first-order chi connectivity index (χ1) is 23.2. The molecule has 4 amide bonds. The maximum Gasteiger partial charge on any atom is 0.253 e. The van der Waals surface area contributed by atoms with Gasteiger partial charge in [0.25, 0.3) is 11.8 Å². The summed E-state index contributed by atoms with van der Waals surface area (Å²) in [5.41, 5.74) is 2.07. The Morgan fingerprint density at radius 3 is 2.29 bits per heavy atom. The zero-order valence-corrected chi connectivity index (χ0v) is 29.0. The van der Waals surface area contributed by atoms with Gasteiger partial charge in [-0.15, -0.1) is 0 Å². The number of rotatable bonds is 16. The number of piperidine rings is 1. The third kappa shape index (κ3) is 10.6. The zero-order chi connectivity index (χ0) is 34.5. The highest BCUT2D eigenvalue weighted by Gasteiger charge is 2.28. The van der Waals surface area contributed by atoms with Crippen molar-refractivity contribution >= 4 is 29.3 Å². The first-order valence-corrected chi connectivity index (χ1v) is 18.0. The highest BCUT2D eigenvalue weighted by molar-refractivity contribution is 6.03. The summed E-state index contributed by atoms with van der Waals surface area (Å²) in [5.74, 6) is -0.749. The van der Waals surface area contributed by atoms with E-state index in [2.05, 4.69) is 16.0 Å². The van der Waals surface area contributed by atoms with E-state index in [1.807, 2.05) is 44.2 Å². The van der Waals surface area contributed by atoms with Crippen molar-refractivity contribution in [2.24, 2.45) is 0 Å². The number of hydrogen-bond donors (Lipinski definition) is 4. The lowest BCUT2D eigenvalue weighted by Gasteiger charge is -2.29. The topological polar surface area (TPSA) is 131 Å². The number of nitrogens with one attached hydrogen (secondary N) is 3. The van der Waals surface area contributed by atoms with Crippen LogP contribution in [0.15, 0.2) is 48.5 Å². The average Bonchev–Trinajstić information content (AvgIpc) is 3.10. The second kappa shape index (κ2) is 18.7. The van der Waals surface area contributed by atoms with Crippen molar-refractivity contribution in [1.82, 2.24) is 20.9 Å². The highest BCUT2D eigenvalue weighted by Crippen LogP contribution is 2.25. The molecule has 48 heavy (non-hydrogen) atoms. The molecule has 10 nitrogen and oxygen atoms in total. The van der Waals surface area contributed by atoms with E-state index < -0.39 is 24.1 Å². The Hall–Kier alpha value is -3.76. The lowest BCUT2D eigenvalue weighted by Crippen LogP contribution is -2.53. The van der Waals surface area contributed by atoms with Crippen LogP contribution in [-0.2, 0) is 16.0 Å². The van der Waals surface area contributed by atoms with Gasteiger partial charge in [-0.1, -0.05) is 63.4 Å². The minimum atomic E-state index is -1.02. The zero-order valence-electron chi connectivity index (χ0n) is 29.0. The molecule has 2 aromatic carbocycles. The molecule has 2 aliphatic rings. The van der Waals surface area contributed by atoms with E-state index in [0.29, 0.717) is 43.7 Å². The van der Waals surface area contributed by atoms with Gasteiger partial charge in [-0.05, 0) is 75.6 Å². The van der Waals surface area contributed by atoms with E-state index in [9.17, 15) is 24.3 Å². The average molecular weight is 662 g/mol. The summed E-state index contributed by atoms with van der Waals surface area (Å²) in [7, 11) is 0. The molecule has 1 saturated carbocycles. The van der Waals surface area contributed by atoms with Crippen molar-refractivity contribution in [2.75, 3.05) is 31.1 Å². The van der Waals surface area contributed by atoms with Crippen molar-refractivity contribution in [3.8, 4) is 0 Å². The summed E-state index contributed by atoms with van der Waals surface area (Å²) >= 11 is 0. The van der Waals surface area contributed by atoms with E-state index in [1.54, 1.807) is 34.9 Å². The number of nitrogens with zero attached hydrogens (tertiary/aromatic N) is 2. The molecule has 2 fully saturated rings. The van der Waals surface area contributed by atoms with Gasteiger partial charge in [0.2, 0.25) is 11.8 Å². The molecule has 1 aliphatic carbocycles. The van der Waals surface area contributed by atoms with Crippen LogP contribution < -0.4 is 20.9 Å². The summed E-state index contributed by atoms with van der Waals surface area (Å²) in [6.45, 7) is 7.63. The molecule has 1 heterocycles. The van der Waals surface area contributed by atoms with Gasteiger partial charge in [-0.25, -0.2) is 0 Å². The van der Waals surface area contributed by atoms with Crippen LogP contribution in [0.2, 0.25) is 0 Å². The predicted molar refractivity (Wildman–Crippen MR) is 189 cm³/mol. The maximum atomic E-state index is 14.0. The largest absolute Gasteiger partial charge is 0.390 e. The van der Waals surface area contributed by atoms with Crippen molar-refractivity contribution in [3.05, 3.63) is 65.2 Å². The standard InChI is InChI=1S/C38H55N5O5/c1-4-19-42(20-5-2)38(48)30-23-29(24-32(25-30)43-21-13-12-18-35(43)45)37(47)41-33(22-28-14-8-6-9-15-28)34(44)26-39-27(3)36(46)40-31-16-10-7-11-17-31/h6,8-9,14-15,23-25,27,31,33-34,39,44H,4-5,7,10-13,16-22,26H2,1-3H3,(H,40,46)(H,41,47)/t27-,33-,34+/m0/s1. The molecule has 0 bridgehead atoms. The number of benzene rings is 2. The number of aliphatic hydroxyl groups is 1.